The molecular formula is C16H22. The first kappa shape index (κ1) is 11.4. The molecule has 0 aromatic rings. The Morgan fingerprint density at radius 1 is 0.812 bits per heavy atom. The second-order valence-corrected chi connectivity index (χ2v) is 5.43. The fourth-order valence-corrected chi connectivity index (χ4v) is 2.55. The van der Waals surface area contributed by atoms with Gasteiger partial charge in [-0.3, -0.25) is 0 Å². The zero-order chi connectivity index (χ0) is 11.4. The molecule has 2 unspecified atom stereocenters. The lowest BCUT2D eigenvalue weighted by Crippen LogP contribution is -2.28. The smallest absolute Gasteiger partial charge is 0.000950 e. The summed E-state index contributed by atoms with van der Waals surface area (Å²) in [5.74, 6) is 1.10. The average Bonchev–Trinajstić information content (AvgIpc) is 2.39. The first-order valence-corrected chi connectivity index (χ1v) is 6.39. The van der Waals surface area contributed by atoms with E-state index in [1.807, 2.05) is 0 Å². The van der Waals surface area contributed by atoms with E-state index in [-0.39, 0.29) is 5.41 Å². The van der Waals surface area contributed by atoms with Crippen LogP contribution in [0.3, 0.4) is 0 Å². The highest BCUT2D eigenvalue weighted by Gasteiger charge is 2.32. The van der Waals surface area contributed by atoms with E-state index in [4.69, 9.17) is 0 Å². The maximum Gasteiger partial charge on any atom is 0.000950 e. The minimum Gasteiger partial charge on any atom is -0.0879 e. The molecule has 0 nitrogen and oxygen atoms in total. The van der Waals surface area contributed by atoms with E-state index in [1.165, 1.54) is 19.3 Å². The summed E-state index contributed by atoms with van der Waals surface area (Å²) in [5.41, 5.74) is 0.286. The van der Waals surface area contributed by atoms with Gasteiger partial charge in [-0.1, -0.05) is 62.5 Å². The molecule has 0 fully saturated rings. The molecule has 0 spiro atoms. The summed E-state index contributed by atoms with van der Waals surface area (Å²) < 4.78 is 0. The van der Waals surface area contributed by atoms with Gasteiger partial charge in [0.25, 0.3) is 0 Å². The second-order valence-electron chi connectivity index (χ2n) is 5.43. The van der Waals surface area contributed by atoms with Crippen molar-refractivity contribution in [3.63, 3.8) is 0 Å². The van der Waals surface area contributed by atoms with Crippen LogP contribution in [0, 0.1) is 17.3 Å². The maximum atomic E-state index is 2.40. The quantitative estimate of drug-likeness (QED) is 0.514. The van der Waals surface area contributed by atoms with Crippen molar-refractivity contribution in [2.75, 3.05) is 0 Å². The Labute approximate surface area is 99.4 Å². The molecular weight excluding hydrogens is 192 g/mol. The first-order valence-electron chi connectivity index (χ1n) is 6.39. The molecule has 16 heavy (non-hydrogen) atoms. The molecule has 0 heterocycles. The van der Waals surface area contributed by atoms with Gasteiger partial charge < -0.3 is 0 Å². The first-order chi connectivity index (χ1) is 7.71. The van der Waals surface area contributed by atoms with Gasteiger partial charge in [0.15, 0.2) is 0 Å². The van der Waals surface area contributed by atoms with Gasteiger partial charge in [0.1, 0.15) is 0 Å². The van der Waals surface area contributed by atoms with Gasteiger partial charge in [-0.2, -0.15) is 0 Å². The topological polar surface area (TPSA) is 0 Å². The second kappa shape index (κ2) is 4.86. The Kier molecular flexibility index (Phi) is 3.48. The zero-order valence-corrected chi connectivity index (χ0v) is 10.4. The summed E-state index contributed by atoms with van der Waals surface area (Å²) in [6, 6.07) is 0. The van der Waals surface area contributed by atoms with Crippen molar-refractivity contribution in [3.8, 4) is 0 Å². The molecule has 2 aliphatic carbocycles. The monoisotopic (exact) mass is 214 g/mol. The van der Waals surface area contributed by atoms with Gasteiger partial charge in [0.2, 0.25) is 0 Å². The van der Waals surface area contributed by atoms with Crippen LogP contribution in [-0.2, 0) is 0 Å². The normalized spacial score (nSPS) is 36.4. The van der Waals surface area contributed by atoms with Crippen molar-refractivity contribution in [1.82, 2.24) is 0 Å². The summed E-state index contributed by atoms with van der Waals surface area (Å²) >= 11 is 0. The average molecular weight is 214 g/mol. The molecule has 0 aromatic heterocycles. The number of rotatable bonds is 0. The molecule has 0 amide bonds. The molecule has 0 saturated carbocycles. The molecule has 2 rings (SSSR count). The maximum absolute atomic E-state index is 2.40. The van der Waals surface area contributed by atoms with Gasteiger partial charge in [-0.05, 0) is 24.7 Å². The Morgan fingerprint density at radius 2 is 1.31 bits per heavy atom. The van der Waals surface area contributed by atoms with Crippen molar-refractivity contribution in [3.05, 3.63) is 48.6 Å². The largest absolute Gasteiger partial charge is 0.0879 e. The Hall–Kier alpha value is -1.04. The lowest BCUT2D eigenvalue weighted by atomic mass is 9.69. The van der Waals surface area contributed by atoms with Crippen molar-refractivity contribution in [2.45, 2.75) is 33.1 Å². The molecule has 2 bridgehead atoms. The standard InChI is InChI=1S/C16H22/c1-16(2)14-10-6-4-3-5-7-11-15(16)13-9-8-12-14/h6-15H,3-5H2,1-2H3/b10-6-,11-7-. The summed E-state index contributed by atoms with van der Waals surface area (Å²) in [6.45, 7) is 4.75. The molecule has 0 radical (unpaired) electrons. The molecule has 0 aliphatic heterocycles. The molecule has 0 N–H and O–H groups in total. The fourth-order valence-electron chi connectivity index (χ4n) is 2.55. The number of hydrogen-bond donors (Lipinski definition) is 0. The van der Waals surface area contributed by atoms with Crippen LogP contribution in [0.1, 0.15) is 33.1 Å². The molecule has 86 valence electrons. The van der Waals surface area contributed by atoms with Crippen LogP contribution in [0.4, 0.5) is 0 Å². The molecule has 2 atom stereocenters. The van der Waals surface area contributed by atoms with Gasteiger partial charge in [0.05, 0.1) is 0 Å². The minimum absolute atomic E-state index is 0.286. The highest BCUT2D eigenvalue weighted by Crippen LogP contribution is 2.40. The number of hydrogen-bond acceptors (Lipinski definition) is 0. The van der Waals surface area contributed by atoms with E-state index in [2.05, 4.69) is 62.5 Å². The van der Waals surface area contributed by atoms with E-state index >= 15 is 0 Å². The molecule has 0 aromatic carbocycles. The highest BCUT2D eigenvalue weighted by atomic mass is 14.4. The van der Waals surface area contributed by atoms with Gasteiger partial charge in [-0.15, -0.1) is 0 Å². The highest BCUT2D eigenvalue weighted by molar-refractivity contribution is 5.22. The molecule has 0 saturated heterocycles. The number of fused-ring (bicyclic) bond motifs is 2. The van der Waals surface area contributed by atoms with Crippen molar-refractivity contribution in [1.29, 1.82) is 0 Å². The van der Waals surface area contributed by atoms with Gasteiger partial charge in [0, 0.05) is 11.8 Å². The van der Waals surface area contributed by atoms with E-state index in [1.54, 1.807) is 0 Å². The molecule has 0 heteroatoms. The van der Waals surface area contributed by atoms with E-state index in [9.17, 15) is 0 Å². The third-order valence-electron chi connectivity index (χ3n) is 3.89. The lowest BCUT2D eigenvalue weighted by molar-refractivity contribution is 0.250. The van der Waals surface area contributed by atoms with E-state index < -0.39 is 0 Å². The minimum atomic E-state index is 0.286. The summed E-state index contributed by atoms with van der Waals surface area (Å²) in [5, 5.41) is 0. The predicted octanol–water partition coefficient (Wildman–Crippen LogP) is 4.67. The van der Waals surface area contributed by atoms with Crippen LogP contribution in [0.2, 0.25) is 0 Å². The van der Waals surface area contributed by atoms with Crippen LogP contribution in [0.25, 0.3) is 0 Å². The van der Waals surface area contributed by atoms with Gasteiger partial charge >= 0.3 is 0 Å². The Bertz CT molecular complexity index is 307. The summed E-state index contributed by atoms with van der Waals surface area (Å²) in [4.78, 5) is 0. The van der Waals surface area contributed by atoms with Crippen LogP contribution in [-0.4, -0.2) is 0 Å². The summed E-state index contributed by atoms with van der Waals surface area (Å²) in [6.07, 6.45) is 22.3. The third kappa shape index (κ3) is 2.37. The third-order valence-corrected chi connectivity index (χ3v) is 3.89. The SMILES string of the molecule is CC1(C)C2C=CC=CC1/C=C\CCC/C=C\2. The summed E-state index contributed by atoms with van der Waals surface area (Å²) in [7, 11) is 0. The van der Waals surface area contributed by atoms with Crippen molar-refractivity contribution < 1.29 is 0 Å². The van der Waals surface area contributed by atoms with Crippen molar-refractivity contribution >= 4 is 0 Å². The molecule has 2 aliphatic rings. The number of allylic oxidation sites excluding steroid dienone is 8. The van der Waals surface area contributed by atoms with Crippen LogP contribution < -0.4 is 0 Å². The van der Waals surface area contributed by atoms with Crippen molar-refractivity contribution in [2.24, 2.45) is 17.3 Å². The van der Waals surface area contributed by atoms with E-state index in [0.717, 1.165) is 0 Å². The Morgan fingerprint density at radius 3 is 1.81 bits per heavy atom. The lowest BCUT2D eigenvalue weighted by Gasteiger charge is -2.35. The van der Waals surface area contributed by atoms with E-state index in [0.29, 0.717) is 11.8 Å². The van der Waals surface area contributed by atoms with Crippen LogP contribution in [0.15, 0.2) is 48.6 Å². The zero-order valence-electron chi connectivity index (χ0n) is 10.4. The Balaban J connectivity index is 2.35. The van der Waals surface area contributed by atoms with Crippen LogP contribution in [0.5, 0.6) is 0 Å². The van der Waals surface area contributed by atoms with Gasteiger partial charge in [-0.25, -0.2) is 0 Å². The fraction of sp³-hybridized carbons (Fsp3) is 0.500. The predicted molar refractivity (Wildman–Crippen MR) is 71.2 cm³/mol. The van der Waals surface area contributed by atoms with Crippen LogP contribution >= 0.6 is 0 Å².